The number of rotatable bonds is 3. The van der Waals surface area contributed by atoms with E-state index in [4.69, 9.17) is 10.5 Å². The Morgan fingerprint density at radius 3 is 3.19 bits per heavy atom. The number of hydrogen-bond donors (Lipinski definition) is 2. The molecule has 0 aliphatic heterocycles. The zero-order chi connectivity index (χ0) is 11.5. The lowest BCUT2D eigenvalue weighted by Gasteiger charge is -2.10. The molecule has 2 aromatic rings. The predicted octanol–water partition coefficient (Wildman–Crippen LogP) is 1.13. The summed E-state index contributed by atoms with van der Waals surface area (Å²) in [6.45, 7) is 2.08. The highest BCUT2D eigenvalue weighted by molar-refractivity contribution is 5.81. The first kappa shape index (κ1) is 10.6. The van der Waals surface area contributed by atoms with Gasteiger partial charge in [-0.3, -0.25) is 0 Å². The van der Waals surface area contributed by atoms with Gasteiger partial charge in [0.2, 0.25) is 0 Å². The molecule has 0 aliphatic carbocycles. The van der Waals surface area contributed by atoms with Gasteiger partial charge in [-0.1, -0.05) is 6.07 Å². The summed E-state index contributed by atoms with van der Waals surface area (Å²) >= 11 is 0. The molecule has 1 atom stereocenters. The quantitative estimate of drug-likeness (QED) is 0.758. The Balaban J connectivity index is 2.28. The number of carbonyl (C=O) groups is 1. The van der Waals surface area contributed by atoms with Crippen molar-refractivity contribution in [3.63, 3.8) is 0 Å². The lowest BCUT2D eigenvalue weighted by atomic mass is 10.1. The maximum atomic E-state index is 11.4. The van der Waals surface area contributed by atoms with E-state index >= 15 is 0 Å². The van der Waals surface area contributed by atoms with Gasteiger partial charge in [0.25, 0.3) is 0 Å². The Hall–Kier alpha value is -1.88. The van der Waals surface area contributed by atoms with E-state index in [2.05, 4.69) is 9.97 Å². The summed E-state index contributed by atoms with van der Waals surface area (Å²) in [7, 11) is 0. The molecule has 0 spiro atoms. The van der Waals surface area contributed by atoms with Crippen molar-refractivity contribution in [3.8, 4) is 0 Å². The summed E-state index contributed by atoms with van der Waals surface area (Å²) in [6.07, 6.45) is 1.60. The molecular weight excluding hydrogens is 206 g/mol. The Bertz CT molecular complexity index is 507. The minimum atomic E-state index is -0.743. The van der Waals surface area contributed by atoms with Crippen molar-refractivity contribution < 1.29 is 9.53 Å². The number of nitrogens with zero attached hydrogens (tertiary/aromatic N) is 1. The molecule has 1 aromatic carbocycles. The summed E-state index contributed by atoms with van der Waals surface area (Å²) in [6, 6.07) is 4.67. The van der Waals surface area contributed by atoms with E-state index in [-0.39, 0.29) is 0 Å². The molecule has 1 heterocycles. The van der Waals surface area contributed by atoms with Crippen molar-refractivity contribution >= 4 is 17.0 Å². The van der Waals surface area contributed by atoms with Crippen molar-refractivity contribution in [2.24, 2.45) is 5.73 Å². The smallest absolute Gasteiger partial charge is 0.327 e. The molecule has 1 unspecified atom stereocenters. The zero-order valence-corrected chi connectivity index (χ0v) is 8.93. The fourth-order valence-corrected chi connectivity index (χ4v) is 1.51. The maximum absolute atomic E-state index is 11.4. The number of carbonyl (C=O) groups excluding carboxylic acids is 1. The van der Waals surface area contributed by atoms with Crippen LogP contribution in [0.2, 0.25) is 0 Å². The molecule has 2 rings (SSSR count). The van der Waals surface area contributed by atoms with Crippen molar-refractivity contribution in [2.75, 3.05) is 6.61 Å². The maximum Gasteiger partial charge on any atom is 0.327 e. The number of ether oxygens (including phenoxy) is 1. The third-order valence-electron chi connectivity index (χ3n) is 2.34. The van der Waals surface area contributed by atoms with E-state index in [0.717, 1.165) is 16.6 Å². The monoisotopic (exact) mass is 219 g/mol. The van der Waals surface area contributed by atoms with E-state index in [1.807, 2.05) is 12.1 Å². The van der Waals surface area contributed by atoms with Crippen LogP contribution in [0.1, 0.15) is 18.5 Å². The van der Waals surface area contributed by atoms with Crippen molar-refractivity contribution in [1.82, 2.24) is 9.97 Å². The van der Waals surface area contributed by atoms with Crippen LogP contribution in [0, 0.1) is 0 Å². The lowest BCUT2D eigenvalue weighted by molar-refractivity contribution is -0.144. The molecular formula is C11H13N3O2. The minimum Gasteiger partial charge on any atom is -0.465 e. The van der Waals surface area contributed by atoms with Gasteiger partial charge in [-0.2, -0.15) is 0 Å². The average Bonchev–Trinajstić information content (AvgIpc) is 2.75. The highest BCUT2D eigenvalue weighted by Crippen LogP contribution is 2.17. The van der Waals surface area contributed by atoms with Crippen molar-refractivity contribution in [2.45, 2.75) is 13.0 Å². The van der Waals surface area contributed by atoms with Crippen LogP contribution in [0.4, 0.5) is 0 Å². The number of esters is 1. The fraction of sp³-hybridized carbons (Fsp3) is 0.273. The predicted molar refractivity (Wildman–Crippen MR) is 59.7 cm³/mol. The van der Waals surface area contributed by atoms with Crippen LogP contribution >= 0.6 is 0 Å². The summed E-state index contributed by atoms with van der Waals surface area (Å²) in [5, 5.41) is 0. The first-order chi connectivity index (χ1) is 7.72. The molecule has 0 bridgehead atoms. The van der Waals surface area contributed by atoms with E-state index < -0.39 is 12.0 Å². The number of nitrogens with two attached hydrogens (primary N) is 1. The number of benzene rings is 1. The molecule has 1 aromatic heterocycles. The molecule has 5 nitrogen and oxygen atoms in total. The molecule has 0 fully saturated rings. The zero-order valence-electron chi connectivity index (χ0n) is 8.93. The van der Waals surface area contributed by atoms with Crippen LogP contribution in [-0.4, -0.2) is 22.5 Å². The van der Waals surface area contributed by atoms with Crippen LogP contribution in [0.25, 0.3) is 11.0 Å². The second-order valence-electron chi connectivity index (χ2n) is 3.41. The molecule has 0 amide bonds. The summed E-state index contributed by atoms with van der Waals surface area (Å²) in [5.41, 5.74) is 8.20. The third kappa shape index (κ3) is 1.90. The van der Waals surface area contributed by atoms with Gasteiger partial charge in [0.15, 0.2) is 0 Å². The number of fused-ring (bicyclic) bond motifs is 1. The Labute approximate surface area is 92.6 Å². The number of hydrogen-bond acceptors (Lipinski definition) is 4. The number of H-pyrrole nitrogens is 1. The first-order valence-corrected chi connectivity index (χ1v) is 5.07. The van der Waals surface area contributed by atoms with Gasteiger partial charge >= 0.3 is 5.97 Å². The van der Waals surface area contributed by atoms with Gasteiger partial charge in [0.05, 0.1) is 24.0 Å². The van der Waals surface area contributed by atoms with Gasteiger partial charge in [0.1, 0.15) is 6.04 Å². The highest BCUT2D eigenvalue weighted by atomic mass is 16.5. The van der Waals surface area contributed by atoms with Crippen LogP contribution in [-0.2, 0) is 9.53 Å². The van der Waals surface area contributed by atoms with Crippen LogP contribution in [0.3, 0.4) is 0 Å². The van der Waals surface area contributed by atoms with Gasteiger partial charge in [-0.15, -0.1) is 0 Å². The van der Waals surface area contributed by atoms with E-state index in [0.29, 0.717) is 6.61 Å². The fourth-order valence-electron chi connectivity index (χ4n) is 1.51. The Kier molecular flexibility index (Phi) is 2.87. The third-order valence-corrected chi connectivity index (χ3v) is 2.34. The molecule has 16 heavy (non-hydrogen) atoms. The lowest BCUT2D eigenvalue weighted by Crippen LogP contribution is -2.23. The number of imidazole rings is 1. The molecule has 3 N–H and O–H groups in total. The van der Waals surface area contributed by atoms with Crippen LogP contribution in [0.15, 0.2) is 24.5 Å². The highest BCUT2D eigenvalue weighted by Gasteiger charge is 2.17. The van der Waals surface area contributed by atoms with Gasteiger partial charge in [-0.25, -0.2) is 9.78 Å². The number of aromatic nitrogens is 2. The van der Waals surface area contributed by atoms with E-state index in [9.17, 15) is 4.79 Å². The second-order valence-corrected chi connectivity index (χ2v) is 3.41. The first-order valence-electron chi connectivity index (χ1n) is 5.07. The normalized spacial score (nSPS) is 12.6. The largest absolute Gasteiger partial charge is 0.465 e. The Morgan fingerprint density at radius 2 is 2.44 bits per heavy atom. The molecule has 0 saturated carbocycles. The Morgan fingerprint density at radius 1 is 1.62 bits per heavy atom. The summed E-state index contributed by atoms with van der Waals surface area (Å²) < 4.78 is 4.86. The minimum absolute atomic E-state index is 0.332. The molecule has 84 valence electrons. The van der Waals surface area contributed by atoms with Gasteiger partial charge in [0, 0.05) is 0 Å². The SMILES string of the molecule is CCOC(=O)C(N)c1ccc2nc[nH]c2c1. The van der Waals surface area contributed by atoms with Gasteiger partial charge in [-0.05, 0) is 24.6 Å². The van der Waals surface area contributed by atoms with E-state index in [1.165, 1.54) is 0 Å². The van der Waals surface area contributed by atoms with Crippen molar-refractivity contribution in [3.05, 3.63) is 30.1 Å². The topological polar surface area (TPSA) is 81.0 Å². The van der Waals surface area contributed by atoms with E-state index in [1.54, 1.807) is 19.3 Å². The number of nitrogens with one attached hydrogen (secondary N) is 1. The molecule has 0 saturated heterocycles. The van der Waals surface area contributed by atoms with Crippen LogP contribution < -0.4 is 5.73 Å². The van der Waals surface area contributed by atoms with Crippen molar-refractivity contribution in [1.29, 1.82) is 0 Å². The molecule has 5 heteroatoms. The molecule has 0 radical (unpaired) electrons. The summed E-state index contributed by atoms with van der Waals surface area (Å²) in [5.74, 6) is -0.415. The molecule has 0 aliphatic rings. The standard InChI is InChI=1S/C11H13N3O2/c1-2-16-11(15)10(12)7-3-4-8-9(5-7)14-6-13-8/h3-6,10H,2,12H2,1H3,(H,13,14). The van der Waals surface area contributed by atoms with Crippen LogP contribution in [0.5, 0.6) is 0 Å². The summed E-state index contributed by atoms with van der Waals surface area (Å²) in [4.78, 5) is 18.5. The van der Waals surface area contributed by atoms with Gasteiger partial charge < -0.3 is 15.5 Å². The second kappa shape index (κ2) is 4.32. The average molecular weight is 219 g/mol. The number of aromatic amines is 1.